The van der Waals surface area contributed by atoms with Crippen molar-refractivity contribution in [1.82, 2.24) is 4.98 Å². The van der Waals surface area contributed by atoms with E-state index in [0.29, 0.717) is 17.2 Å². The number of hydrogen-bond donors (Lipinski definition) is 1. The van der Waals surface area contributed by atoms with Gasteiger partial charge in [0.25, 0.3) is 0 Å². The Morgan fingerprint density at radius 3 is 2.90 bits per heavy atom. The van der Waals surface area contributed by atoms with E-state index in [9.17, 15) is 0 Å². The molecule has 0 aliphatic rings. The molecule has 0 amide bonds. The zero-order valence-electron chi connectivity index (χ0n) is 10.9. The monoisotopic (exact) mass is 332 g/mol. The Hall–Kier alpha value is -2.01. The van der Waals surface area contributed by atoms with E-state index in [1.165, 1.54) is 0 Å². The smallest absolute Gasteiger partial charge is 0.233 e. The number of nitrogens with zero attached hydrogens (tertiary/aromatic N) is 1. The van der Waals surface area contributed by atoms with Gasteiger partial charge in [0.15, 0.2) is 12.2 Å². The van der Waals surface area contributed by atoms with Crippen LogP contribution >= 0.6 is 15.9 Å². The first-order valence-electron chi connectivity index (χ1n) is 6.16. The van der Waals surface area contributed by atoms with Crippen LogP contribution in [0.2, 0.25) is 0 Å². The van der Waals surface area contributed by atoms with Crippen molar-refractivity contribution in [2.45, 2.75) is 13.5 Å². The molecule has 0 aliphatic carbocycles. The van der Waals surface area contributed by atoms with Crippen LogP contribution in [0.1, 0.15) is 11.5 Å². The lowest BCUT2D eigenvalue weighted by molar-refractivity contribution is 0.265. The maximum atomic E-state index is 5.73. The summed E-state index contributed by atoms with van der Waals surface area (Å²) in [5.74, 6) is 1.35. The highest BCUT2D eigenvalue weighted by Crippen LogP contribution is 2.24. The van der Waals surface area contributed by atoms with Crippen molar-refractivity contribution in [2.75, 3.05) is 5.73 Å². The first-order chi connectivity index (χ1) is 9.61. The molecule has 0 atom stereocenters. The minimum atomic E-state index is 0.289. The Morgan fingerprint density at radius 2 is 2.10 bits per heavy atom. The largest absolute Gasteiger partial charge is 0.484 e. The quantitative estimate of drug-likeness (QED) is 0.734. The molecular formula is C15H13BrN2O2. The molecule has 0 unspecified atom stereocenters. The van der Waals surface area contributed by atoms with Crippen molar-refractivity contribution >= 4 is 32.7 Å². The number of ether oxygens (including phenoxy) is 1. The van der Waals surface area contributed by atoms with Crippen molar-refractivity contribution < 1.29 is 9.15 Å². The van der Waals surface area contributed by atoms with E-state index in [2.05, 4.69) is 20.9 Å². The van der Waals surface area contributed by atoms with Gasteiger partial charge in [-0.15, -0.1) is 0 Å². The summed E-state index contributed by atoms with van der Waals surface area (Å²) in [5, 5.41) is 0. The number of benzene rings is 2. The standard InChI is InChI=1S/C15H13BrN2O2/c1-9-6-10(16)2-4-13(9)19-8-15-18-12-7-11(17)3-5-14(12)20-15/h2-7H,8,17H2,1H3. The van der Waals surface area contributed by atoms with Crippen molar-refractivity contribution in [1.29, 1.82) is 0 Å². The highest BCUT2D eigenvalue weighted by molar-refractivity contribution is 9.10. The Kier molecular flexibility index (Phi) is 3.36. The van der Waals surface area contributed by atoms with Crippen LogP contribution in [0.5, 0.6) is 5.75 Å². The summed E-state index contributed by atoms with van der Waals surface area (Å²) in [6.07, 6.45) is 0. The van der Waals surface area contributed by atoms with Crippen LogP contribution in [0.25, 0.3) is 11.1 Å². The first-order valence-corrected chi connectivity index (χ1v) is 6.95. The minimum Gasteiger partial charge on any atom is -0.484 e. The minimum absolute atomic E-state index is 0.289. The average Bonchev–Trinajstić information content (AvgIpc) is 2.79. The molecule has 102 valence electrons. The van der Waals surface area contributed by atoms with Crippen molar-refractivity contribution in [3.8, 4) is 5.75 Å². The summed E-state index contributed by atoms with van der Waals surface area (Å²) in [7, 11) is 0. The zero-order chi connectivity index (χ0) is 14.1. The van der Waals surface area contributed by atoms with Crippen LogP contribution in [0.15, 0.2) is 45.3 Å². The average molecular weight is 333 g/mol. The molecule has 2 aromatic carbocycles. The fraction of sp³-hybridized carbons (Fsp3) is 0.133. The molecule has 0 spiro atoms. The fourth-order valence-corrected chi connectivity index (χ4v) is 2.44. The van der Waals surface area contributed by atoms with Gasteiger partial charge < -0.3 is 14.9 Å². The van der Waals surface area contributed by atoms with E-state index in [-0.39, 0.29) is 6.61 Å². The molecule has 2 N–H and O–H groups in total. The van der Waals surface area contributed by atoms with Gasteiger partial charge in [-0.25, -0.2) is 4.98 Å². The number of hydrogen-bond acceptors (Lipinski definition) is 4. The molecule has 0 saturated carbocycles. The van der Waals surface area contributed by atoms with Crippen molar-refractivity contribution in [3.63, 3.8) is 0 Å². The first kappa shape index (κ1) is 13.0. The molecule has 0 radical (unpaired) electrons. The van der Waals surface area contributed by atoms with E-state index in [0.717, 1.165) is 21.3 Å². The van der Waals surface area contributed by atoms with E-state index >= 15 is 0 Å². The maximum Gasteiger partial charge on any atom is 0.233 e. The molecule has 0 fully saturated rings. The van der Waals surface area contributed by atoms with Crippen LogP contribution in [-0.2, 0) is 6.61 Å². The third-order valence-electron chi connectivity index (χ3n) is 2.94. The predicted octanol–water partition coefficient (Wildman–Crippen LogP) is 4.06. The third-order valence-corrected chi connectivity index (χ3v) is 3.44. The second-order valence-electron chi connectivity index (χ2n) is 4.53. The number of rotatable bonds is 3. The van der Waals surface area contributed by atoms with Crippen LogP contribution in [0.3, 0.4) is 0 Å². The van der Waals surface area contributed by atoms with Crippen LogP contribution < -0.4 is 10.5 Å². The number of aromatic nitrogens is 1. The van der Waals surface area contributed by atoms with Crippen molar-refractivity contribution in [2.24, 2.45) is 0 Å². The number of halogens is 1. The SMILES string of the molecule is Cc1cc(Br)ccc1OCc1nc2cc(N)ccc2o1. The molecule has 1 heterocycles. The molecule has 4 nitrogen and oxygen atoms in total. The van der Waals surface area contributed by atoms with E-state index < -0.39 is 0 Å². The second-order valence-corrected chi connectivity index (χ2v) is 5.45. The Morgan fingerprint density at radius 1 is 1.25 bits per heavy atom. The lowest BCUT2D eigenvalue weighted by Gasteiger charge is -2.07. The number of nitrogens with two attached hydrogens (primary N) is 1. The van der Waals surface area contributed by atoms with E-state index in [4.69, 9.17) is 14.9 Å². The van der Waals surface area contributed by atoms with Crippen LogP contribution in [0, 0.1) is 6.92 Å². The van der Waals surface area contributed by atoms with Gasteiger partial charge in [-0.1, -0.05) is 15.9 Å². The maximum absolute atomic E-state index is 5.73. The fourth-order valence-electron chi connectivity index (χ4n) is 1.97. The van der Waals surface area contributed by atoms with E-state index in [1.54, 1.807) is 12.1 Å². The van der Waals surface area contributed by atoms with Gasteiger partial charge in [0, 0.05) is 10.2 Å². The summed E-state index contributed by atoms with van der Waals surface area (Å²) < 4.78 is 12.4. The summed E-state index contributed by atoms with van der Waals surface area (Å²) in [6, 6.07) is 11.2. The van der Waals surface area contributed by atoms with Gasteiger partial charge in [0.1, 0.15) is 11.3 Å². The number of fused-ring (bicyclic) bond motifs is 1. The van der Waals surface area contributed by atoms with Gasteiger partial charge in [-0.2, -0.15) is 0 Å². The third kappa shape index (κ3) is 2.63. The number of anilines is 1. The van der Waals surface area contributed by atoms with Gasteiger partial charge in [0.2, 0.25) is 5.89 Å². The highest BCUT2D eigenvalue weighted by atomic mass is 79.9. The summed E-state index contributed by atoms with van der Waals surface area (Å²) in [5.41, 5.74) is 8.90. The van der Waals surface area contributed by atoms with Gasteiger partial charge in [0.05, 0.1) is 0 Å². The highest BCUT2D eigenvalue weighted by Gasteiger charge is 2.08. The summed E-state index contributed by atoms with van der Waals surface area (Å²) in [4.78, 5) is 4.35. The number of nitrogen functional groups attached to an aromatic ring is 1. The topological polar surface area (TPSA) is 61.3 Å². The Labute approximate surface area is 124 Å². The van der Waals surface area contributed by atoms with Gasteiger partial charge >= 0.3 is 0 Å². The Bertz CT molecular complexity index is 768. The van der Waals surface area contributed by atoms with Crippen molar-refractivity contribution in [3.05, 3.63) is 52.3 Å². The van der Waals surface area contributed by atoms with Gasteiger partial charge in [-0.3, -0.25) is 0 Å². The molecule has 3 rings (SSSR count). The molecule has 0 saturated heterocycles. The summed E-state index contributed by atoms with van der Waals surface area (Å²) in [6.45, 7) is 2.28. The lowest BCUT2D eigenvalue weighted by atomic mass is 10.2. The number of aryl methyl sites for hydroxylation is 1. The molecular weight excluding hydrogens is 320 g/mol. The van der Waals surface area contributed by atoms with E-state index in [1.807, 2.05) is 31.2 Å². The van der Waals surface area contributed by atoms with Crippen LogP contribution in [-0.4, -0.2) is 4.98 Å². The zero-order valence-corrected chi connectivity index (χ0v) is 12.5. The number of oxazole rings is 1. The molecule has 1 aromatic heterocycles. The molecule has 5 heteroatoms. The van der Waals surface area contributed by atoms with Gasteiger partial charge in [-0.05, 0) is 48.9 Å². The van der Waals surface area contributed by atoms with Crippen LogP contribution in [0.4, 0.5) is 5.69 Å². The second kappa shape index (κ2) is 5.17. The summed E-state index contributed by atoms with van der Waals surface area (Å²) >= 11 is 3.42. The normalized spacial score (nSPS) is 10.9. The lowest BCUT2D eigenvalue weighted by Crippen LogP contribution is -1.97. The molecule has 20 heavy (non-hydrogen) atoms. The molecule has 0 bridgehead atoms. The molecule has 3 aromatic rings. The predicted molar refractivity (Wildman–Crippen MR) is 81.6 cm³/mol. The Balaban J connectivity index is 1.79. The molecule has 0 aliphatic heterocycles.